The Kier molecular flexibility index (Phi) is 14.6. The zero-order valence-corrected chi connectivity index (χ0v) is 35.6. The number of azo groups is 3. The van der Waals surface area contributed by atoms with E-state index >= 15 is 0 Å². The number of aromatic carboxylic acids is 1. The molecule has 0 saturated carbocycles. The highest BCUT2D eigenvalue weighted by Crippen LogP contribution is 2.46. The van der Waals surface area contributed by atoms with Crippen LogP contribution >= 0.6 is 36.1 Å². The molecule has 27 heteroatoms. The van der Waals surface area contributed by atoms with E-state index in [0.29, 0.717) is 100 Å². The van der Waals surface area contributed by atoms with Gasteiger partial charge in [0.25, 0.3) is 0 Å². The third-order valence-electron chi connectivity index (χ3n) is 9.25. The Morgan fingerprint density at radius 1 is 0.582 bits per heavy atom. The first kappa shape index (κ1) is 46.0. The monoisotopic (exact) mass is 966 g/mol. The molecule has 8 N–H and O–H groups in total. The Morgan fingerprint density at radius 3 is 1.69 bits per heavy atom. The summed E-state index contributed by atoms with van der Waals surface area (Å²) in [6, 6.07) is 28.8. The Morgan fingerprint density at radius 2 is 1.12 bits per heavy atom. The number of carboxylic acids is 1. The molecule has 0 unspecified atom stereocenters. The molecule has 0 radical (unpaired) electrons. The fourth-order valence-corrected chi connectivity index (χ4v) is 7.67. The molecule has 7 aromatic carbocycles. The van der Waals surface area contributed by atoms with E-state index in [-0.39, 0.29) is 27.8 Å². The van der Waals surface area contributed by atoms with Gasteiger partial charge in [-0.15, -0.1) is 38.6 Å². The molecule has 0 spiro atoms. The number of aromatic nitrogens is 3. The van der Waals surface area contributed by atoms with Crippen LogP contribution < -0.4 is 16.7 Å². The highest BCUT2D eigenvalue weighted by atomic mass is 32.2. The lowest BCUT2D eigenvalue weighted by Gasteiger charge is -2.11. The van der Waals surface area contributed by atoms with Crippen molar-refractivity contribution in [1.82, 2.24) is 15.0 Å². The molecule has 0 saturated heterocycles. The molecule has 0 aliphatic carbocycles. The molecule has 1 heterocycles. The molecule has 8 aromatic rings. The highest BCUT2D eigenvalue weighted by Gasteiger charge is 2.17. The zero-order chi connectivity index (χ0) is 46.9. The second-order valence-electron chi connectivity index (χ2n) is 13.2. The van der Waals surface area contributed by atoms with Crippen molar-refractivity contribution in [1.29, 1.82) is 0 Å². The third kappa shape index (κ3) is 11.0. The van der Waals surface area contributed by atoms with E-state index in [1.165, 1.54) is 24.3 Å². The van der Waals surface area contributed by atoms with Gasteiger partial charge in [0.1, 0.15) is 5.69 Å². The zero-order valence-electron chi connectivity index (χ0n) is 33.2. The van der Waals surface area contributed by atoms with E-state index in [1.54, 1.807) is 84.9 Å². The van der Waals surface area contributed by atoms with E-state index in [4.69, 9.17) is 20.1 Å². The maximum absolute atomic E-state index is 11.7. The van der Waals surface area contributed by atoms with E-state index in [9.17, 15) is 24.6 Å². The number of nitrogens with one attached hydrogen (secondary N) is 3. The molecule has 0 bridgehead atoms. The van der Waals surface area contributed by atoms with Gasteiger partial charge in [-0.25, -0.2) is 30.2 Å². The predicted molar refractivity (Wildman–Crippen MR) is 240 cm³/mol. The topological polar surface area (TPSA) is 338 Å². The Balaban J connectivity index is 1.15. The summed E-state index contributed by atoms with van der Waals surface area (Å²) in [5.41, 5.74) is 0.635. The SMILES string of the molecule is O=C(O)c1ccc(N=Nc2ccc(N=Nc3ccc(N=Nc4c(SOOO)cc5cc(Nc6nc(=O)[nH]c(=O)[nH]6)ccc5c4O)c4ccc(SOOO)cc34)c3ccc(SOOO)cc23)cc1. The number of aromatic hydroxyl groups is 1. The molecular formula is C40H26N10O14S3. The van der Waals surface area contributed by atoms with Crippen molar-refractivity contribution in [2.24, 2.45) is 30.7 Å². The number of phenols is 1. The van der Waals surface area contributed by atoms with Crippen LogP contribution in [-0.4, -0.2) is 46.9 Å². The van der Waals surface area contributed by atoms with Crippen LogP contribution in [0.4, 0.5) is 45.8 Å². The summed E-state index contributed by atoms with van der Waals surface area (Å²) in [6.07, 6.45) is 0. The second kappa shape index (κ2) is 21.2. The lowest BCUT2D eigenvalue weighted by molar-refractivity contribution is -0.432. The van der Waals surface area contributed by atoms with Crippen LogP contribution in [-0.2, 0) is 28.1 Å². The number of fused-ring (bicyclic) bond motifs is 3. The quantitative estimate of drug-likeness (QED) is 0.0171. The smallest absolute Gasteiger partial charge is 0.352 e. The molecule has 24 nitrogen and oxygen atoms in total. The second-order valence-corrected chi connectivity index (χ2v) is 15.5. The van der Waals surface area contributed by atoms with Gasteiger partial charge in [-0.05, 0) is 102 Å². The lowest BCUT2D eigenvalue weighted by Crippen LogP contribution is -2.25. The molecule has 0 aliphatic rings. The van der Waals surface area contributed by atoms with Crippen LogP contribution in [0.2, 0.25) is 0 Å². The maximum atomic E-state index is 11.7. The van der Waals surface area contributed by atoms with Crippen LogP contribution in [0.1, 0.15) is 10.4 Å². The lowest BCUT2D eigenvalue weighted by atomic mass is 10.1. The van der Waals surface area contributed by atoms with Gasteiger partial charge in [0.2, 0.25) is 5.95 Å². The molecule has 8 rings (SSSR count). The third-order valence-corrected chi connectivity index (χ3v) is 11.0. The van der Waals surface area contributed by atoms with Crippen LogP contribution in [0.25, 0.3) is 32.3 Å². The van der Waals surface area contributed by atoms with Gasteiger partial charge in [0.15, 0.2) is 5.75 Å². The average Bonchev–Trinajstić information content (AvgIpc) is 3.32. The summed E-state index contributed by atoms with van der Waals surface area (Å²) in [6.45, 7) is 0. The summed E-state index contributed by atoms with van der Waals surface area (Å²) in [5, 5.41) is 91.0. The number of nitrogens with zero attached hydrogens (tertiary/aromatic N) is 7. The molecule has 0 aliphatic heterocycles. The first-order valence-electron chi connectivity index (χ1n) is 18.5. The Bertz CT molecular complexity index is 3350. The van der Waals surface area contributed by atoms with Crippen LogP contribution in [0.5, 0.6) is 5.75 Å². The minimum Gasteiger partial charge on any atom is -0.505 e. The maximum Gasteiger partial charge on any atom is 0.352 e. The number of benzene rings is 7. The van der Waals surface area contributed by atoms with Gasteiger partial charge >= 0.3 is 17.3 Å². The summed E-state index contributed by atoms with van der Waals surface area (Å²) < 4.78 is 14.0. The molecule has 0 fully saturated rings. The summed E-state index contributed by atoms with van der Waals surface area (Å²) >= 11 is 1.95. The number of carboxylic acid groups (broad SMARTS) is 1. The number of carbonyl (C=O) groups is 1. The van der Waals surface area contributed by atoms with Crippen LogP contribution in [0.15, 0.2) is 164 Å². The fraction of sp³-hybridized carbons (Fsp3) is 0. The van der Waals surface area contributed by atoms with E-state index in [0.717, 1.165) is 12.0 Å². The molecule has 1 aromatic heterocycles. The first-order valence-corrected chi connectivity index (χ1v) is 20.8. The fourth-order valence-electron chi connectivity index (χ4n) is 6.38. The van der Waals surface area contributed by atoms with Gasteiger partial charge in [0, 0.05) is 42.4 Å². The number of hydrogen-bond acceptors (Lipinski definition) is 24. The number of anilines is 2. The molecule has 338 valence electrons. The van der Waals surface area contributed by atoms with Crippen molar-refractivity contribution >= 4 is 120 Å². The van der Waals surface area contributed by atoms with Crippen LogP contribution in [0.3, 0.4) is 0 Å². The van der Waals surface area contributed by atoms with Crippen molar-refractivity contribution in [3.63, 3.8) is 0 Å². The first-order chi connectivity index (χ1) is 32.6. The number of hydrogen-bond donors (Lipinski definition) is 8. The molecule has 0 amide bonds. The Hall–Kier alpha value is -7.51. The number of aromatic amines is 2. The Labute approximate surface area is 384 Å². The van der Waals surface area contributed by atoms with Crippen molar-refractivity contribution in [3.8, 4) is 5.75 Å². The summed E-state index contributed by atoms with van der Waals surface area (Å²) in [4.78, 5) is 43.9. The minimum atomic E-state index is -1.08. The van der Waals surface area contributed by atoms with Gasteiger partial charge < -0.3 is 15.5 Å². The number of H-pyrrole nitrogens is 2. The molecular weight excluding hydrogens is 941 g/mol. The molecule has 67 heavy (non-hydrogen) atoms. The number of rotatable bonds is 18. The van der Waals surface area contributed by atoms with Gasteiger partial charge in [-0.3, -0.25) is 9.97 Å². The highest BCUT2D eigenvalue weighted by molar-refractivity contribution is 7.95. The van der Waals surface area contributed by atoms with Crippen LogP contribution in [0, 0.1) is 0 Å². The molecule has 0 atom stereocenters. The summed E-state index contributed by atoms with van der Waals surface area (Å²) in [7, 11) is 0. The van der Waals surface area contributed by atoms with E-state index in [1.807, 2.05) is 4.98 Å². The van der Waals surface area contributed by atoms with E-state index < -0.39 is 17.3 Å². The average molecular weight is 967 g/mol. The van der Waals surface area contributed by atoms with Crippen molar-refractivity contribution in [3.05, 3.63) is 136 Å². The minimum absolute atomic E-state index is 0.0728. The van der Waals surface area contributed by atoms with Gasteiger partial charge in [-0.1, -0.05) is 27.2 Å². The standard InChI is InChI=1S/C40H26N10O14S3/c51-36-25-8-5-22(41-38-42-39(54)44-40(55)43-38)15-20(25)16-34(67-64-61-58)35(36)50-49-31-12-14-33(29-18-24(66-63-60-57)7-10-27(29)31)48-47-30-11-13-32(28-17-23(65-62-59-56)6-9-26(28)30)46-45-21-3-1-19(2-4-21)37(52)53/h1-18,51,56-58H,(H,52,53)(H3,41,42,43,44,54,55). The van der Waals surface area contributed by atoms with E-state index in [2.05, 4.69) is 69.8 Å². The van der Waals surface area contributed by atoms with Crippen molar-refractivity contribution in [2.45, 2.75) is 14.7 Å². The van der Waals surface area contributed by atoms with Gasteiger partial charge in [0.05, 0.1) is 75.0 Å². The largest absolute Gasteiger partial charge is 0.505 e. The number of phenolic OH excluding ortho intramolecular Hbond substituents is 1. The normalized spacial score (nSPS) is 11.9. The van der Waals surface area contributed by atoms with Crippen molar-refractivity contribution in [2.75, 3.05) is 5.32 Å². The van der Waals surface area contributed by atoms with Crippen molar-refractivity contribution < 1.29 is 58.9 Å². The summed E-state index contributed by atoms with van der Waals surface area (Å²) in [5.74, 6) is -1.54. The van der Waals surface area contributed by atoms with Gasteiger partial charge in [-0.2, -0.15) is 10.1 Å². The predicted octanol–water partition coefficient (Wildman–Crippen LogP) is 11.6.